The Morgan fingerprint density at radius 2 is 2.00 bits per heavy atom. The minimum absolute atomic E-state index is 0.166. The minimum atomic E-state index is -1.16. The normalized spacial score (nSPS) is 19.3. The standard InChI is InChI=1S/C10H21NO3S/c1-7(4-5-12)15-8(2)6-10(3,11)9(13)14/h7-8,12H,4-6,11H2,1-3H3,(H,13,14). The number of rotatable bonds is 7. The molecule has 0 amide bonds. The summed E-state index contributed by atoms with van der Waals surface area (Å²) in [5.41, 5.74) is 4.49. The molecule has 15 heavy (non-hydrogen) atoms. The van der Waals surface area contributed by atoms with Crippen LogP contribution in [0.4, 0.5) is 0 Å². The van der Waals surface area contributed by atoms with Crippen LogP contribution in [0.2, 0.25) is 0 Å². The predicted molar refractivity (Wildman–Crippen MR) is 63.1 cm³/mol. The van der Waals surface area contributed by atoms with E-state index in [4.69, 9.17) is 15.9 Å². The summed E-state index contributed by atoms with van der Waals surface area (Å²) >= 11 is 1.67. The van der Waals surface area contributed by atoms with Crippen molar-refractivity contribution in [2.24, 2.45) is 5.73 Å². The summed E-state index contributed by atoms with van der Waals surface area (Å²) in [6.07, 6.45) is 1.16. The van der Waals surface area contributed by atoms with E-state index in [1.165, 1.54) is 6.92 Å². The van der Waals surface area contributed by atoms with Crippen molar-refractivity contribution in [3.05, 3.63) is 0 Å². The Bertz CT molecular complexity index is 209. The molecule has 3 unspecified atom stereocenters. The summed E-state index contributed by atoms with van der Waals surface area (Å²) in [6, 6.07) is 0. The molecule has 3 atom stereocenters. The average molecular weight is 235 g/mol. The summed E-state index contributed by atoms with van der Waals surface area (Å²) in [7, 11) is 0. The van der Waals surface area contributed by atoms with E-state index < -0.39 is 11.5 Å². The molecule has 0 rings (SSSR count). The lowest BCUT2D eigenvalue weighted by atomic mass is 9.98. The topological polar surface area (TPSA) is 83.5 Å². The second kappa shape index (κ2) is 6.35. The fraction of sp³-hybridized carbons (Fsp3) is 0.900. The Morgan fingerprint density at radius 3 is 2.40 bits per heavy atom. The molecule has 0 bridgehead atoms. The molecular formula is C10H21NO3S. The van der Waals surface area contributed by atoms with Crippen molar-refractivity contribution in [1.29, 1.82) is 0 Å². The molecule has 0 spiro atoms. The third kappa shape index (κ3) is 6.02. The van der Waals surface area contributed by atoms with Crippen molar-refractivity contribution >= 4 is 17.7 Å². The van der Waals surface area contributed by atoms with Gasteiger partial charge in [0, 0.05) is 17.1 Å². The van der Waals surface area contributed by atoms with Gasteiger partial charge >= 0.3 is 5.97 Å². The molecule has 0 heterocycles. The van der Waals surface area contributed by atoms with Crippen LogP contribution in [0.5, 0.6) is 0 Å². The molecule has 0 saturated heterocycles. The van der Waals surface area contributed by atoms with Crippen LogP contribution in [0, 0.1) is 0 Å². The molecule has 0 fully saturated rings. The van der Waals surface area contributed by atoms with Crippen molar-refractivity contribution in [1.82, 2.24) is 0 Å². The second-order valence-electron chi connectivity index (χ2n) is 4.20. The minimum Gasteiger partial charge on any atom is -0.480 e. The Labute approximate surface area is 95.2 Å². The van der Waals surface area contributed by atoms with Gasteiger partial charge in [0.25, 0.3) is 0 Å². The van der Waals surface area contributed by atoms with Gasteiger partial charge in [-0.2, -0.15) is 11.8 Å². The van der Waals surface area contributed by atoms with Crippen LogP contribution in [0.25, 0.3) is 0 Å². The van der Waals surface area contributed by atoms with Crippen LogP contribution in [-0.2, 0) is 4.79 Å². The lowest BCUT2D eigenvalue weighted by molar-refractivity contribution is -0.142. The molecule has 0 aliphatic carbocycles. The maximum Gasteiger partial charge on any atom is 0.323 e. The van der Waals surface area contributed by atoms with Gasteiger partial charge in [-0.15, -0.1) is 0 Å². The molecule has 0 aliphatic heterocycles. The van der Waals surface area contributed by atoms with Crippen LogP contribution < -0.4 is 5.73 Å². The van der Waals surface area contributed by atoms with Crippen molar-refractivity contribution in [3.8, 4) is 0 Å². The summed E-state index contributed by atoms with van der Waals surface area (Å²) in [4.78, 5) is 10.8. The van der Waals surface area contributed by atoms with E-state index in [-0.39, 0.29) is 11.9 Å². The van der Waals surface area contributed by atoms with Gasteiger partial charge in [-0.05, 0) is 19.8 Å². The first-order valence-electron chi connectivity index (χ1n) is 5.08. The summed E-state index contributed by atoms with van der Waals surface area (Å²) in [5.74, 6) is -0.968. The van der Waals surface area contributed by atoms with Gasteiger partial charge in [0.1, 0.15) is 5.54 Å². The molecule has 5 heteroatoms. The van der Waals surface area contributed by atoms with Crippen molar-refractivity contribution in [3.63, 3.8) is 0 Å². The van der Waals surface area contributed by atoms with Gasteiger partial charge in [-0.1, -0.05) is 13.8 Å². The van der Waals surface area contributed by atoms with Crippen LogP contribution in [0.15, 0.2) is 0 Å². The first kappa shape index (κ1) is 14.7. The Balaban J connectivity index is 4.02. The number of hydrogen-bond acceptors (Lipinski definition) is 4. The van der Waals surface area contributed by atoms with E-state index in [2.05, 4.69) is 0 Å². The van der Waals surface area contributed by atoms with E-state index in [0.717, 1.165) is 6.42 Å². The fourth-order valence-electron chi connectivity index (χ4n) is 1.38. The molecule has 0 radical (unpaired) electrons. The van der Waals surface area contributed by atoms with E-state index >= 15 is 0 Å². The highest BCUT2D eigenvalue weighted by Gasteiger charge is 2.30. The highest BCUT2D eigenvalue weighted by Crippen LogP contribution is 2.25. The summed E-state index contributed by atoms with van der Waals surface area (Å²) in [5, 5.41) is 18.1. The van der Waals surface area contributed by atoms with E-state index in [1.807, 2.05) is 13.8 Å². The van der Waals surface area contributed by atoms with Crippen LogP contribution >= 0.6 is 11.8 Å². The number of carboxylic acid groups (broad SMARTS) is 1. The lowest BCUT2D eigenvalue weighted by Crippen LogP contribution is -2.46. The zero-order valence-electron chi connectivity index (χ0n) is 9.56. The van der Waals surface area contributed by atoms with Crippen molar-refractivity contribution in [2.75, 3.05) is 6.61 Å². The number of thioether (sulfide) groups is 1. The quantitative estimate of drug-likeness (QED) is 0.615. The molecule has 90 valence electrons. The number of carbonyl (C=O) groups is 1. The maximum atomic E-state index is 10.8. The number of carboxylic acids is 1. The molecule has 0 aromatic rings. The van der Waals surface area contributed by atoms with Gasteiger partial charge < -0.3 is 15.9 Å². The van der Waals surface area contributed by atoms with E-state index in [9.17, 15) is 4.79 Å². The van der Waals surface area contributed by atoms with Gasteiger partial charge in [-0.25, -0.2) is 0 Å². The SMILES string of the molecule is CC(CCO)SC(C)CC(C)(N)C(=O)O. The zero-order valence-corrected chi connectivity index (χ0v) is 10.4. The number of aliphatic carboxylic acids is 1. The highest BCUT2D eigenvalue weighted by atomic mass is 32.2. The molecule has 0 aromatic carbocycles. The summed E-state index contributed by atoms with van der Waals surface area (Å²) in [6.45, 7) is 5.68. The molecule has 0 aromatic heterocycles. The third-order valence-corrected chi connectivity index (χ3v) is 3.53. The number of hydrogen-bond donors (Lipinski definition) is 3. The first-order valence-corrected chi connectivity index (χ1v) is 6.02. The van der Waals surface area contributed by atoms with E-state index in [1.54, 1.807) is 11.8 Å². The van der Waals surface area contributed by atoms with Crippen LogP contribution in [-0.4, -0.2) is 38.8 Å². The largest absolute Gasteiger partial charge is 0.480 e. The lowest BCUT2D eigenvalue weighted by Gasteiger charge is -2.24. The molecule has 4 nitrogen and oxygen atoms in total. The zero-order chi connectivity index (χ0) is 12.1. The smallest absolute Gasteiger partial charge is 0.323 e. The maximum absolute atomic E-state index is 10.8. The van der Waals surface area contributed by atoms with Gasteiger partial charge in [0.15, 0.2) is 0 Å². The van der Waals surface area contributed by atoms with Crippen LogP contribution in [0.3, 0.4) is 0 Å². The summed E-state index contributed by atoms with van der Waals surface area (Å²) < 4.78 is 0. The predicted octanol–water partition coefficient (Wildman–Crippen LogP) is 1.07. The monoisotopic (exact) mass is 235 g/mol. The first-order chi connectivity index (χ1) is 6.79. The fourth-order valence-corrected chi connectivity index (χ4v) is 2.86. The number of nitrogens with two attached hydrogens (primary N) is 1. The molecule has 4 N–H and O–H groups in total. The van der Waals surface area contributed by atoms with Crippen LogP contribution in [0.1, 0.15) is 33.6 Å². The number of aliphatic hydroxyl groups excluding tert-OH is 1. The highest BCUT2D eigenvalue weighted by molar-refractivity contribution is 8.00. The van der Waals surface area contributed by atoms with Crippen molar-refractivity contribution in [2.45, 2.75) is 49.7 Å². The molecule has 0 saturated carbocycles. The Kier molecular flexibility index (Phi) is 6.24. The average Bonchev–Trinajstić information content (AvgIpc) is 2.02. The van der Waals surface area contributed by atoms with E-state index in [0.29, 0.717) is 11.7 Å². The van der Waals surface area contributed by atoms with Gasteiger partial charge in [0.05, 0.1) is 0 Å². The van der Waals surface area contributed by atoms with Gasteiger partial charge in [0.2, 0.25) is 0 Å². The van der Waals surface area contributed by atoms with Gasteiger partial charge in [-0.3, -0.25) is 4.79 Å². The van der Waals surface area contributed by atoms with Crippen molar-refractivity contribution < 1.29 is 15.0 Å². The molecular weight excluding hydrogens is 214 g/mol. The molecule has 0 aliphatic rings. The Morgan fingerprint density at radius 1 is 1.47 bits per heavy atom. The Hall–Kier alpha value is -0.260. The third-order valence-electron chi connectivity index (χ3n) is 2.20. The second-order valence-corrected chi connectivity index (χ2v) is 6.08. The number of aliphatic hydroxyl groups is 1.